The fourth-order valence-electron chi connectivity index (χ4n) is 5.88. The molecule has 0 aromatic rings. The summed E-state index contributed by atoms with van der Waals surface area (Å²) in [4.78, 5) is 34.9. The Morgan fingerprint density at radius 3 is 1.42 bits per heavy atom. The van der Waals surface area contributed by atoms with Crippen LogP contribution in [-0.4, -0.2) is 42.3 Å². The molecule has 0 spiro atoms. The van der Waals surface area contributed by atoms with E-state index in [9.17, 15) is 19.0 Å². The molecule has 2 atom stereocenters. The van der Waals surface area contributed by atoms with Crippen LogP contribution >= 0.6 is 7.60 Å². The summed E-state index contributed by atoms with van der Waals surface area (Å²) in [5, 5.41) is 0. The van der Waals surface area contributed by atoms with E-state index in [1.807, 2.05) is 0 Å². The van der Waals surface area contributed by atoms with Gasteiger partial charge in [-0.3, -0.25) is 14.2 Å². The van der Waals surface area contributed by atoms with Gasteiger partial charge in [0.05, 0.1) is 12.8 Å². The third-order valence-corrected chi connectivity index (χ3v) is 10.4. The van der Waals surface area contributed by atoms with Crippen LogP contribution in [0, 0.1) is 0 Å². The van der Waals surface area contributed by atoms with Crippen LogP contribution in [0.15, 0.2) is 12.2 Å². The van der Waals surface area contributed by atoms with Gasteiger partial charge >= 0.3 is 19.5 Å². The smallest absolute Gasteiger partial charge is 0.328 e. The number of ether oxygens (including phenoxy) is 2. The average molecular weight is 701 g/mol. The Morgan fingerprint density at radius 1 is 0.583 bits per heavy atom. The van der Waals surface area contributed by atoms with Gasteiger partial charge in [0.1, 0.15) is 12.7 Å². The van der Waals surface area contributed by atoms with E-state index in [2.05, 4.69) is 26.0 Å². The quantitative estimate of drug-likeness (QED) is 0.0298. The monoisotopic (exact) mass is 701 g/mol. The first kappa shape index (κ1) is 46.8. The van der Waals surface area contributed by atoms with Gasteiger partial charge in [-0.25, -0.2) is 0 Å². The molecule has 0 saturated carbocycles. The molecule has 7 nitrogen and oxygen atoms in total. The molecule has 284 valence electrons. The van der Waals surface area contributed by atoms with Gasteiger partial charge in [0.15, 0.2) is 0 Å². The molecule has 0 aliphatic rings. The number of carbonyl (C=O) groups is 2. The van der Waals surface area contributed by atoms with Crippen molar-refractivity contribution in [3.8, 4) is 0 Å². The van der Waals surface area contributed by atoms with E-state index in [1.165, 1.54) is 116 Å². The topological polar surface area (TPSA) is 99.1 Å². The van der Waals surface area contributed by atoms with Crippen LogP contribution in [0.3, 0.4) is 0 Å². The third-order valence-electron chi connectivity index (χ3n) is 8.92. The predicted molar refractivity (Wildman–Crippen MR) is 202 cm³/mol. The summed E-state index contributed by atoms with van der Waals surface area (Å²) in [7, 11) is -3.77. The minimum absolute atomic E-state index is 0.0957. The highest BCUT2D eigenvalue weighted by atomic mass is 31.2. The summed E-state index contributed by atoms with van der Waals surface area (Å²) >= 11 is 0. The van der Waals surface area contributed by atoms with Crippen molar-refractivity contribution < 1.29 is 33.0 Å². The van der Waals surface area contributed by atoms with Gasteiger partial charge in [0.25, 0.3) is 0 Å². The number of hydrogen-bond donors (Lipinski definition) is 1. The third kappa shape index (κ3) is 34.7. The molecule has 0 saturated heterocycles. The van der Waals surface area contributed by atoms with Crippen molar-refractivity contribution in [1.29, 1.82) is 0 Å². The molecule has 0 fully saturated rings. The van der Waals surface area contributed by atoms with Crippen LogP contribution < -0.4 is 0 Å². The summed E-state index contributed by atoms with van der Waals surface area (Å²) < 4.78 is 28.2. The summed E-state index contributed by atoms with van der Waals surface area (Å²) in [6, 6.07) is 0. The first-order valence-electron chi connectivity index (χ1n) is 20.3. The number of unbranched alkanes of at least 4 members (excludes halogenated alkanes) is 23. The second-order valence-electron chi connectivity index (χ2n) is 13.7. The zero-order chi connectivity index (χ0) is 35.4. The largest absolute Gasteiger partial charge is 0.462 e. The van der Waals surface area contributed by atoms with E-state index in [-0.39, 0.29) is 37.7 Å². The fraction of sp³-hybridized carbons (Fsp3) is 0.900. The van der Waals surface area contributed by atoms with Crippen molar-refractivity contribution in [1.82, 2.24) is 0 Å². The van der Waals surface area contributed by atoms with Gasteiger partial charge in [-0.2, -0.15) is 0 Å². The molecule has 0 radical (unpaired) electrons. The van der Waals surface area contributed by atoms with Crippen LogP contribution in [0.25, 0.3) is 0 Å². The van der Waals surface area contributed by atoms with Gasteiger partial charge in [-0.05, 0) is 51.9 Å². The van der Waals surface area contributed by atoms with Gasteiger partial charge in [0, 0.05) is 12.8 Å². The lowest BCUT2D eigenvalue weighted by Gasteiger charge is -2.19. The molecule has 0 bridgehead atoms. The summed E-state index contributed by atoms with van der Waals surface area (Å²) in [6.07, 6.45) is 36.1. The number of carbonyl (C=O) groups excluding carboxylic acids is 2. The van der Waals surface area contributed by atoms with Gasteiger partial charge in [0.2, 0.25) is 0 Å². The maximum absolute atomic E-state index is 12.6. The number of esters is 2. The summed E-state index contributed by atoms with van der Waals surface area (Å²) in [6.45, 7) is 6.20. The normalized spacial score (nSPS) is 13.5. The standard InChI is InChI=1S/C40H77O7P/c1-4-7-9-11-13-15-17-19-20-22-24-26-28-30-32-34-40(42)47-38(35-36-48(43,44)46-6-3)37-45-39(41)33-31-29-27-25-23-21-18-16-14-12-10-8-5-2/h19-20,38H,4-18,21-37H2,1-3H3,(H,43,44)/b20-19-/t38-/m0/s1. The highest BCUT2D eigenvalue weighted by molar-refractivity contribution is 7.52. The minimum Gasteiger partial charge on any atom is -0.462 e. The lowest BCUT2D eigenvalue weighted by Crippen LogP contribution is -2.26. The van der Waals surface area contributed by atoms with Crippen molar-refractivity contribution in [3.63, 3.8) is 0 Å². The van der Waals surface area contributed by atoms with Crippen LogP contribution in [0.1, 0.15) is 207 Å². The van der Waals surface area contributed by atoms with E-state index in [0.29, 0.717) is 12.8 Å². The maximum Gasteiger partial charge on any atom is 0.328 e. The molecule has 0 heterocycles. The van der Waals surface area contributed by atoms with Crippen LogP contribution in [0.5, 0.6) is 0 Å². The lowest BCUT2D eigenvalue weighted by atomic mass is 10.0. The fourth-order valence-corrected chi connectivity index (χ4v) is 7.03. The average Bonchev–Trinajstić information content (AvgIpc) is 3.06. The molecule has 48 heavy (non-hydrogen) atoms. The van der Waals surface area contributed by atoms with Crippen LogP contribution in [-0.2, 0) is 28.2 Å². The number of allylic oxidation sites excluding steroid dienone is 2. The van der Waals surface area contributed by atoms with E-state index in [4.69, 9.17) is 14.0 Å². The highest BCUT2D eigenvalue weighted by Gasteiger charge is 2.24. The van der Waals surface area contributed by atoms with Crippen molar-refractivity contribution in [2.24, 2.45) is 0 Å². The van der Waals surface area contributed by atoms with Crippen molar-refractivity contribution >= 4 is 19.5 Å². The van der Waals surface area contributed by atoms with Crippen LogP contribution in [0.2, 0.25) is 0 Å². The second kappa shape index (κ2) is 35.6. The van der Waals surface area contributed by atoms with Crippen molar-refractivity contribution in [2.75, 3.05) is 19.4 Å². The Bertz CT molecular complexity index is 800. The Kier molecular flexibility index (Phi) is 34.8. The van der Waals surface area contributed by atoms with E-state index in [0.717, 1.165) is 51.4 Å². The Labute approximate surface area is 296 Å². The molecular formula is C40H77O7P. The Morgan fingerprint density at radius 2 is 0.979 bits per heavy atom. The maximum atomic E-state index is 12.6. The van der Waals surface area contributed by atoms with Crippen molar-refractivity contribution in [2.45, 2.75) is 213 Å². The van der Waals surface area contributed by atoms with Gasteiger partial charge in [-0.1, -0.05) is 154 Å². The molecule has 0 aromatic heterocycles. The molecule has 8 heteroatoms. The summed E-state index contributed by atoms with van der Waals surface area (Å²) in [5.41, 5.74) is 0. The zero-order valence-electron chi connectivity index (χ0n) is 31.7. The summed E-state index contributed by atoms with van der Waals surface area (Å²) in [5.74, 6) is -0.664. The lowest BCUT2D eigenvalue weighted by molar-refractivity contribution is -0.159. The van der Waals surface area contributed by atoms with Gasteiger partial charge in [-0.15, -0.1) is 0 Å². The highest BCUT2D eigenvalue weighted by Crippen LogP contribution is 2.42. The first-order chi connectivity index (χ1) is 23.3. The number of rotatable bonds is 37. The first-order valence-corrected chi connectivity index (χ1v) is 22.1. The van der Waals surface area contributed by atoms with E-state index in [1.54, 1.807) is 6.92 Å². The van der Waals surface area contributed by atoms with Gasteiger partial charge < -0.3 is 18.9 Å². The minimum atomic E-state index is -3.77. The SMILES string of the molecule is CCCCCCCC/C=C\CCCCCCCC(=O)O[C@@H](CCP(=O)(O)OCC)COC(=O)CCCCCCCCCCCCCCC. The molecule has 0 aliphatic heterocycles. The number of hydrogen-bond acceptors (Lipinski definition) is 6. The van der Waals surface area contributed by atoms with E-state index < -0.39 is 13.7 Å². The predicted octanol–water partition coefficient (Wildman–Crippen LogP) is 12.6. The zero-order valence-corrected chi connectivity index (χ0v) is 32.6. The van der Waals surface area contributed by atoms with Crippen LogP contribution in [0.4, 0.5) is 0 Å². The molecule has 0 amide bonds. The van der Waals surface area contributed by atoms with E-state index >= 15 is 0 Å². The molecule has 1 N–H and O–H groups in total. The molecular weight excluding hydrogens is 623 g/mol. The molecule has 1 unspecified atom stereocenters. The molecule has 0 aliphatic carbocycles. The molecule has 0 rings (SSSR count). The second-order valence-corrected chi connectivity index (χ2v) is 15.7. The molecule has 0 aromatic carbocycles. The van der Waals surface area contributed by atoms with Crippen molar-refractivity contribution in [3.05, 3.63) is 12.2 Å². The Balaban J connectivity index is 4.12. The Hall–Kier alpha value is -1.17.